The Hall–Kier alpha value is -2.98. The number of halogens is 1. The van der Waals surface area contributed by atoms with E-state index < -0.39 is 27.3 Å². The van der Waals surface area contributed by atoms with E-state index in [4.69, 9.17) is 0 Å². The Morgan fingerprint density at radius 2 is 1.51 bits per heavy atom. The Balaban J connectivity index is 1.63. The van der Waals surface area contributed by atoms with Gasteiger partial charge >= 0.3 is 5.97 Å². The first-order valence-electron chi connectivity index (χ1n) is 10.6. The third-order valence-electron chi connectivity index (χ3n) is 5.22. The highest BCUT2D eigenvalue weighted by molar-refractivity contribution is 9.10. The number of carbonyl (C=O) groups is 1. The van der Waals surface area contributed by atoms with E-state index in [2.05, 4.69) is 25.6 Å². The molecular weight excluding hydrogens is 548 g/mol. The second kappa shape index (κ2) is 11.2. The fraction of sp³-hybridized carbons (Fsp3) is 0.0769. The molecule has 0 saturated heterocycles. The van der Waals surface area contributed by atoms with Crippen LogP contribution in [0, 0.1) is 0 Å². The number of nitrogens with one attached hydrogen (secondary N) is 1. The van der Waals surface area contributed by atoms with E-state index in [1.807, 2.05) is 36.4 Å². The lowest BCUT2D eigenvalue weighted by Gasteiger charge is -2.25. The van der Waals surface area contributed by atoms with E-state index >= 15 is 0 Å². The third-order valence-corrected chi connectivity index (χ3v) is 8.52. The second-order valence-corrected chi connectivity index (χ2v) is 11.5. The molecule has 0 bridgehead atoms. The summed E-state index contributed by atoms with van der Waals surface area (Å²) in [4.78, 5) is 17.1. The van der Waals surface area contributed by atoms with Crippen molar-refractivity contribution < 1.29 is 18.3 Å². The predicted octanol–water partition coefficient (Wildman–Crippen LogP) is 5.78. The van der Waals surface area contributed by atoms with E-state index in [1.165, 1.54) is 23.9 Å². The molecule has 3 aromatic carbocycles. The number of carboxylic acid groups (broad SMARTS) is 1. The van der Waals surface area contributed by atoms with Crippen molar-refractivity contribution in [2.45, 2.75) is 21.1 Å². The highest BCUT2D eigenvalue weighted by Crippen LogP contribution is 2.38. The van der Waals surface area contributed by atoms with Gasteiger partial charge in [-0.05, 0) is 53.1 Å². The van der Waals surface area contributed by atoms with E-state index in [1.54, 1.807) is 54.9 Å². The highest BCUT2D eigenvalue weighted by atomic mass is 79.9. The molecule has 0 radical (unpaired) electrons. The van der Waals surface area contributed by atoms with Crippen molar-refractivity contribution >= 4 is 43.7 Å². The molecule has 6 nitrogen and oxygen atoms in total. The first-order chi connectivity index (χ1) is 16.8. The predicted molar refractivity (Wildman–Crippen MR) is 141 cm³/mol. The van der Waals surface area contributed by atoms with Crippen LogP contribution in [-0.4, -0.2) is 30.5 Å². The molecule has 2 unspecified atom stereocenters. The molecule has 0 fully saturated rings. The Bertz CT molecular complexity index is 1380. The summed E-state index contributed by atoms with van der Waals surface area (Å²) < 4.78 is 29.8. The maximum absolute atomic E-state index is 13.2. The van der Waals surface area contributed by atoms with Crippen LogP contribution in [0.1, 0.15) is 10.8 Å². The van der Waals surface area contributed by atoms with Gasteiger partial charge in [0, 0.05) is 21.8 Å². The number of nitrogens with zero attached hydrogens (tertiary/aromatic N) is 1. The minimum atomic E-state index is -4.12. The van der Waals surface area contributed by atoms with Gasteiger partial charge in [-0.25, -0.2) is 8.42 Å². The van der Waals surface area contributed by atoms with Crippen molar-refractivity contribution in [1.82, 2.24) is 9.71 Å². The molecule has 0 spiro atoms. The number of hydrogen-bond donors (Lipinski definition) is 2. The lowest BCUT2D eigenvalue weighted by molar-refractivity contribution is -0.139. The molecule has 0 aliphatic carbocycles. The summed E-state index contributed by atoms with van der Waals surface area (Å²) in [6, 6.07) is 25.1. The third kappa shape index (κ3) is 6.37. The molecule has 9 heteroatoms. The maximum atomic E-state index is 13.2. The molecule has 0 aliphatic heterocycles. The molecule has 0 amide bonds. The first kappa shape index (κ1) is 25.1. The number of aromatic nitrogens is 1. The molecule has 1 heterocycles. The minimum absolute atomic E-state index is 0.0113. The second-order valence-electron chi connectivity index (χ2n) is 7.61. The van der Waals surface area contributed by atoms with Crippen molar-refractivity contribution in [3.05, 3.63) is 113 Å². The van der Waals surface area contributed by atoms with Crippen LogP contribution in [0.2, 0.25) is 0 Å². The number of benzene rings is 3. The van der Waals surface area contributed by atoms with Crippen molar-refractivity contribution in [3.8, 4) is 11.1 Å². The van der Waals surface area contributed by atoms with Gasteiger partial charge in [-0.3, -0.25) is 9.78 Å². The van der Waals surface area contributed by atoms with Gasteiger partial charge in [0.1, 0.15) is 6.04 Å². The average Bonchev–Trinajstić information content (AvgIpc) is 2.88. The molecular formula is C26H21BrN2O4S2. The van der Waals surface area contributed by atoms with Crippen LogP contribution >= 0.6 is 27.7 Å². The lowest BCUT2D eigenvalue weighted by atomic mass is 10.1. The minimum Gasteiger partial charge on any atom is -0.480 e. The zero-order valence-corrected chi connectivity index (χ0v) is 21.5. The van der Waals surface area contributed by atoms with Crippen LogP contribution in [0.5, 0.6) is 0 Å². The fourth-order valence-electron chi connectivity index (χ4n) is 3.48. The number of aliphatic carboxylic acids is 1. The maximum Gasteiger partial charge on any atom is 0.323 e. The van der Waals surface area contributed by atoms with Gasteiger partial charge < -0.3 is 5.11 Å². The zero-order chi connectivity index (χ0) is 24.8. The van der Waals surface area contributed by atoms with Crippen molar-refractivity contribution in [2.24, 2.45) is 0 Å². The molecule has 0 aliphatic rings. The number of pyridine rings is 1. The monoisotopic (exact) mass is 568 g/mol. The van der Waals surface area contributed by atoms with E-state index in [0.29, 0.717) is 5.56 Å². The van der Waals surface area contributed by atoms with Gasteiger partial charge in [-0.2, -0.15) is 4.72 Å². The molecule has 2 atom stereocenters. The lowest BCUT2D eigenvalue weighted by Crippen LogP contribution is -2.44. The van der Waals surface area contributed by atoms with Gasteiger partial charge in [-0.15, -0.1) is 11.8 Å². The van der Waals surface area contributed by atoms with Crippen LogP contribution in [0.4, 0.5) is 0 Å². The zero-order valence-electron chi connectivity index (χ0n) is 18.3. The van der Waals surface area contributed by atoms with Crippen LogP contribution in [0.25, 0.3) is 11.1 Å². The van der Waals surface area contributed by atoms with Crippen LogP contribution in [-0.2, 0) is 14.8 Å². The van der Waals surface area contributed by atoms with E-state index in [0.717, 1.165) is 20.5 Å². The van der Waals surface area contributed by atoms with Gasteiger partial charge in [0.2, 0.25) is 10.0 Å². The Labute approximate surface area is 216 Å². The molecule has 178 valence electrons. The summed E-state index contributed by atoms with van der Waals surface area (Å²) in [5, 5.41) is 9.32. The Morgan fingerprint density at radius 1 is 0.886 bits per heavy atom. The topological polar surface area (TPSA) is 96.4 Å². The average molecular weight is 570 g/mol. The highest BCUT2D eigenvalue weighted by Gasteiger charge is 2.34. The van der Waals surface area contributed by atoms with E-state index in [9.17, 15) is 18.3 Å². The summed E-state index contributed by atoms with van der Waals surface area (Å²) in [6.07, 6.45) is 3.24. The molecule has 1 aromatic heterocycles. The number of rotatable bonds is 9. The number of carboxylic acids is 1. The Morgan fingerprint density at radius 3 is 2.09 bits per heavy atom. The number of thioether (sulfide) groups is 1. The van der Waals surface area contributed by atoms with Crippen LogP contribution in [0.3, 0.4) is 0 Å². The molecule has 4 rings (SSSR count). The van der Waals surface area contributed by atoms with Crippen LogP contribution in [0.15, 0.2) is 118 Å². The first-order valence-corrected chi connectivity index (χ1v) is 13.7. The van der Waals surface area contributed by atoms with Crippen LogP contribution < -0.4 is 4.72 Å². The van der Waals surface area contributed by atoms with Gasteiger partial charge in [-0.1, -0.05) is 70.5 Å². The smallest absolute Gasteiger partial charge is 0.323 e. The standard InChI is InChI=1S/C26H21BrN2O4S2/c27-21-12-8-18(9-13-21)19-10-14-23(15-11-19)35(32,33)29-24(26(30)31)25(20-5-2-1-3-6-20)34-22-7-4-16-28-17-22/h1-17,24-25,29H,(H,30,31). The van der Waals surface area contributed by atoms with E-state index in [-0.39, 0.29) is 4.90 Å². The summed E-state index contributed by atoms with van der Waals surface area (Å²) in [5.74, 6) is -1.27. The largest absolute Gasteiger partial charge is 0.480 e. The van der Waals surface area contributed by atoms with Crippen molar-refractivity contribution in [3.63, 3.8) is 0 Å². The van der Waals surface area contributed by atoms with Gasteiger partial charge in [0.25, 0.3) is 0 Å². The summed E-state index contributed by atoms with van der Waals surface area (Å²) in [7, 11) is -4.12. The number of hydrogen-bond acceptors (Lipinski definition) is 5. The molecule has 4 aromatic rings. The molecule has 0 saturated carbocycles. The summed E-state index contributed by atoms with van der Waals surface area (Å²) in [5.41, 5.74) is 2.47. The van der Waals surface area contributed by atoms with Gasteiger partial charge in [0.15, 0.2) is 0 Å². The quantitative estimate of drug-likeness (QED) is 0.248. The molecule has 35 heavy (non-hydrogen) atoms. The van der Waals surface area contributed by atoms with Crippen molar-refractivity contribution in [1.29, 1.82) is 0 Å². The fourth-order valence-corrected chi connectivity index (χ4v) is 6.22. The SMILES string of the molecule is O=C(O)C(NS(=O)(=O)c1ccc(-c2ccc(Br)cc2)cc1)C(Sc1cccnc1)c1ccccc1. The Kier molecular flexibility index (Phi) is 8.02. The summed E-state index contributed by atoms with van der Waals surface area (Å²) in [6.45, 7) is 0. The summed E-state index contributed by atoms with van der Waals surface area (Å²) >= 11 is 4.64. The molecule has 2 N–H and O–H groups in total. The normalized spacial score (nSPS) is 13.2. The van der Waals surface area contributed by atoms with Crippen molar-refractivity contribution in [2.75, 3.05) is 0 Å². The van der Waals surface area contributed by atoms with Gasteiger partial charge in [0.05, 0.1) is 10.1 Å². The number of sulfonamides is 1.